The molecule has 0 spiro atoms. The van der Waals surface area contributed by atoms with Crippen molar-refractivity contribution in [3.05, 3.63) is 75.4 Å². The number of hydrogen-bond donors (Lipinski definition) is 0. The van der Waals surface area contributed by atoms with Gasteiger partial charge in [0.15, 0.2) is 10.0 Å². The van der Waals surface area contributed by atoms with Gasteiger partial charge in [0.25, 0.3) is 0 Å². The standard InChI is InChI=1S/C28H24F7N7O2S2/c1-40-37-14-23(39-40)46(2,44)41(15-27(30,31)32)20-6-3-17-9-21-16(12-38-42(21)19-7-4-18(29)5-8-19)10-26(17,11-20)24(43)25-36-13-22(45-25)28(33,34)35/h4-5,7-9,12-14,20H,2-3,6,10-11,15H2,1H3/t20-,26-,46?/m0/s1. The first-order valence-electron chi connectivity index (χ1n) is 13.7. The van der Waals surface area contributed by atoms with Crippen LogP contribution in [0.25, 0.3) is 11.8 Å². The Bertz CT molecular complexity index is 1940. The summed E-state index contributed by atoms with van der Waals surface area (Å²) in [5.74, 6) is 2.34. The molecule has 0 bridgehead atoms. The first-order valence-corrected chi connectivity index (χ1v) is 16.2. The van der Waals surface area contributed by atoms with E-state index in [0.29, 0.717) is 33.0 Å². The number of carbonyl (C=O) groups excluding carboxylic acids is 1. The minimum atomic E-state index is -4.83. The summed E-state index contributed by atoms with van der Waals surface area (Å²) in [7, 11) is -2.50. The number of aryl methyl sites for hydroxylation is 1. The molecular formula is C28H24F7N7O2S2. The molecule has 0 amide bonds. The van der Waals surface area contributed by atoms with Gasteiger partial charge >= 0.3 is 12.4 Å². The summed E-state index contributed by atoms with van der Waals surface area (Å²) in [5.41, 5.74) is 0.331. The second-order valence-electron chi connectivity index (χ2n) is 11.1. The Hall–Kier alpha value is -3.90. The van der Waals surface area contributed by atoms with Crippen LogP contribution in [0.2, 0.25) is 0 Å². The summed E-state index contributed by atoms with van der Waals surface area (Å²) >= 11 is 0.149. The van der Waals surface area contributed by atoms with Crippen LogP contribution in [-0.4, -0.2) is 68.7 Å². The number of hydrogen-bond acceptors (Lipinski definition) is 7. The van der Waals surface area contributed by atoms with Crippen LogP contribution >= 0.6 is 11.3 Å². The lowest BCUT2D eigenvalue weighted by Gasteiger charge is -2.47. The van der Waals surface area contributed by atoms with Gasteiger partial charge in [-0.05, 0) is 67.5 Å². The van der Waals surface area contributed by atoms with E-state index >= 15 is 0 Å². The maximum absolute atomic E-state index is 14.3. The highest BCUT2D eigenvalue weighted by atomic mass is 32.2. The zero-order chi connectivity index (χ0) is 33.2. The van der Waals surface area contributed by atoms with E-state index in [9.17, 15) is 39.7 Å². The lowest BCUT2D eigenvalue weighted by atomic mass is 9.61. The molecule has 0 N–H and O–H groups in total. The third-order valence-corrected chi connectivity index (χ3v) is 11.2. The van der Waals surface area contributed by atoms with Gasteiger partial charge in [0.1, 0.15) is 17.2 Å². The van der Waals surface area contributed by atoms with E-state index in [2.05, 4.69) is 26.2 Å². The maximum atomic E-state index is 14.3. The Labute approximate surface area is 261 Å². The van der Waals surface area contributed by atoms with Crippen LogP contribution in [0.15, 0.2) is 53.5 Å². The Morgan fingerprint density at radius 2 is 1.85 bits per heavy atom. The second kappa shape index (κ2) is 11.1. The molecule has 1 saturated carbocycles. The summed E-state index contributed by atoms with van der Waals surface area (Å²) in [4.78, 5) is 18.0. The molecule has 18 heteroatoms. The highest BCUT2D eigenvalue weighted by molar-refractivity contribution is 7.98. The molecule has 1 unspecified atom stereocenters. The molecule has 2 aliphatic carbocycles. The highest BCUT2D eigenvalue weighted by Crippen LogP contribution is 2.52. The van der Waals surface area contributed by atoms with E-state index in [1.54, 1.807) is 6.08 Å². The Balaban J connectivity index is 1.46. The molecule has 46 heavy (non-hydrogen) atoms. The van der Waals surface area contributed by atoms with Gasteiger partial charge in [-0.2, -0.15) is 41.3 Å². The maximum Gasteiger partial charge on any atom is 0.427 e. The van der Waals surface area contributed by atoms with E-state index in [0.717, 1.165) is 11.0 Å². The normalized spacial score (nSPS) is 21.4. The first-order chi connectivity index (χ1) is 21.5. The molecule has 244 valence electrons. The van der Waals surface area contributed by atoms with Crippen molar-refractivity contribution in [2.75, 3.05) is 6.54 Å². The summed E-state index contributed by atoms with van der Waals surface area (Å²) in [6.45, 7) is -1.65. The van der Waals surface area contributed by atoms with E-state index in [1.807, 2.05) is 0 Å². The topological polar surface area (TPSA) is 98.8 Å². The number of rotatable bonds is 7. The minimum Gasteiger partial charge on any atom is -0.290 e. The molecule has 4 aromatic rings. The van der Waals surface area contributed by atoms with Crippen molar-refractivity contribution >= 4 is 38.8 Å². The molecule has 3 aromatic heterocycles. The Morgan fingerprint density at radius 3 is 2.46 bits per heavy atom. The smallest absolute Gasteiger partial charge is 0.290 e. The largest absolute Gasteiger partial charge is 0.427 e. The molecule has 2 aliphatic rings. The number of carbonyl (C=O) groups is 1. The molecule has 0 saturated heterocycles. The van der Waals surface area contributed by atoms with Crippen LogP contribution in [0, 0.1) is 11.2 Å². The van der Waals surface area contributed by atoms with E-state index in [-0.39, 0.29) is 42.0 Å². The zero-order valence-electron chi connectivity index (χ0n) is 23.8. The monoisotopic (exact) mass is 687 g/mol. The number of thiazole rings is 1. The van der Waals surface area contributed by atoms with Gasteiger partial charge in [0, 0.05) is 13.1 Å². The predicted molar refractivity (Wildman–Crippen MR) is 154 cm³/mol. The molecule has 1 aromatic carbocycles. The summed E-state index contributed by atoms with van der Waals surface area (Å²) in [6.07, 6.45) is -5.31. The molecule has 9 nitrogen and oxygen atoms in total. The van der Waals surface area contributed by atoms with Crippen molar-refractivity contribution in [3.8, 4) is 5.69 Å². The summed E-state index contributed by atoms with van der Waals surface area (Å²) < 4.78 is 112. The van der Waals surface area contributed by atoms with Crippen LogP contribution in [0.1, 0.15) is 45.2 Å². The third-order valence-electron chi connectivity index (χ3n) is 8.15. The number of ketones is 1. The van der Waals surface area contributed by atoms with Gasteiger partial charge in [-0.1, -0.05) is 5.57 Å². The van der Waals surface area contributed by atoms with Crippen LogP contribution < -0.4 is 0 Å². The van der Waals surface area contributed by atoms with Crippen molar-refractivity contribution in [2.24, 2.45) is 12.5 Å². The molecule has 0 aliphatic heterocycles. The van der Waals surface area contributed by atoms with Crippen molar-refractivity contribution < 1.29 is 39.7 Å². The van der Waals surface area contributed by atoms with Crippen LogP contribution in [-0.2, 0) is 29.4 Å². The number of nitrogens with zero attached hydrogens (tertiary/aromatic N) is 7. The number of allylic oxidation sites excluding steroid dienone is 1. The lowest BCUT2D eigenvalue weighted by Crippen LogP contribution is -2.52. The van der Waals surface area contributed by atoms with Crippen LogP contribution in [0.4, 0.5) is 30.7 Å². The van der Waals surface area contributed by atoms with Crippen molar-refractivity contribution in [1.29, 1.82) is 0 Å². The Kier molecular flexibility index (Phi) is 7.75. The van der Waals surface area contributed by atoms with Gasteiger partial charge in [0.2, 0.25) is 5.78 Å². The average molecular weight is 688 g/mol. The van der Waals surface area contributed by atoms with Gasteiger partial charge in [-0.25, -0.2) is 22.6 Å². The summed E-state index contributed by atoms with van der Waals surface area (Å²) in [6, 6.07) is 4.30. The second-order valence-corrected chi connectivity index (χ2v) is 14.3. The van der Waals surface area contributed by atoms with E-state index in [1.165, 1.54) is 42.2 Å². The summed E-state index contributed by atoms with van der Waals surface area (Å²) in [5, 5.41) is 11.4. The molecule has 0 radical (unpaired) electrons. The van der Waals surface area contributed by atoms with Crippen molar-refractivity contribution in [2.45, 2.75) is 49.1 Å². The van der Waals surface area contributed by atoms with Gasteiger partial charge in [-0.15, -0.1) is 16.4 Å². The SMILES string of the molecule is C=S(=O)(c1cnn(C)n1)N(CC(F)(F)F)[C@H]1CCC2=Cc3c(cnn3-c3ccc(F)cc3)C[C@]2(C(=O)c2ncc(C(F)(F)F)s2)C1. The van der Waals surface area contributed by atoms with Gasteiger partial charge in [-0.3, -0.25) is 4.79 Å². The number of benzene rings is 1. The fraction of sp³-hybridized carbons (Fsp3) is 0.357. The van der Waals surface area contributed by atoms with Crippen LogP contribution in [0.3, 0.4) is 0 Å². The number of Topliss-reactive ketones (excluding diaryl/α,β-unsaturated/α-hetero) is 1. The Morgan fingerprint density at radius 1 is 1.13 bits per heavy atom. The van der Waals surface area contributed by atoms with Gasteiger partial charge in [0.05, 0.1) is 45.1 Å². The molecule has 1 fully saturated rings. The quantitative estimate of drug-likeness (QED) is 0.144. The third kappa shape index (κ3) is 5.77. The minimum absolute atomic E-state index is 0.00933. The van der Waals surface area contributed by atoms with Crippen molar-refractivity contribution in [1.82, 2.24) is 34.1 Å². The predicted octanol–water partition coefficient (Wildman–Crippen LogP) is 5.53. The highest BCUT2D eigenvalue weighted by Gasteiger charge is 2.53. The molecule has 6 rings (SSSR count). The van der Waals surface area contributed by atoms with E-state index in [4.69, 9.17) is 0 Å². The average Bonchev–Trinajstić information content (AvgIpc) is 3.74. The number of alkyl halides is 6. The number of fused-ring (bicyclic) bond motifs is 2. The molecular weight excluding hydrogens is 663 g/mol. The van der Waals surface area contributed by atoms with Crippen molar-refractivity contribution in [3.63, 3.8) is 0 Å². The molecule has 3 heterocycles. The van der Waals surface area contributed by atoms with E-state index < -0.39 is 61.5 Å². The van der Waals surface area contributed by atoms with Gasteiger partial charge < -0.3 is 0 Å². The fourth-order valence-electron chi connectivity index (χ4n) is 6.08. The number of halogens is 7. The fourth-order valence-corrected chi connectivity index (χ4v) is 8.61. The van der Waals surface area contributed by atoms with Crippen LogP contribution in [0.5, 0.6) is 0 Å². The first kappa shape index (κ1) is 32.1. The lowest BCUT2D eigenvalue weighted by molar-refractivity contribution is -0.140. The number of aromatic nitrogens is 6. The zero-order valence-corrected chi connectivity index (χ0v) is 25.5. The molecule has 3 atom stereocenters.